The minimum atomic E-state index is -1.33. The Bertz CT molecular complexity index is 714. The topological polar surface area (TPSA) is 185 Å². The van der Waals surface area contributed by atoms with Crippen LogP contribution in [-0.2, 0) is 33.3 Å². The van der Waals surface area contributed by atoms with Crippen LogP contribution in [0.25, 0.3) is 0 Å². The molecule has 214 valence electrons. The number of aliphatic hydroxyl groups is 3. The summed E-state index contributed by atoms with van der Waals surface area (Å²) in [7, 11) is 0. The first-order valence-electron chi connectivity index (χ1n) is 12.3. The van der Waals surface area contributed by atoms with Crippen LogP contribution >= 0.6 is 12.2 Å². The lowest BCUT2D eigenvalue weighted by Gasteiger charge is -2.42. The van der Waals surface area contributed by atoms with Gasteiger partial charge in [0.1, 0.15) is 18.3 Å². The maximum absolute atomic E-state index is 11.9. The van der Waals surface area contributed by atoms with Crippen molar-refractivity contribution >= 4 is 34.8 Å². The molecule has 1 heterocycles. The highest BCUT2D eigenvalue weighted by molar-refractivity contribution is 7.80. The largest absolute Gasteiger partial charge is 0.394 e. The molecule has 0 aliphatic carbocycles. The van der Waals surface area contributed by atoms with E-state index in [1.807, 2.05) is 0 Å². The average Bonchev–Trinajstić information content (AvgIpc) is 2.85. The van der Waals surface area contributed by atoms with Crippen LogP contribution in [0.4, 0.5) is 0 Å². The zero-order valence-electron chi connectivity index (χ0n) is 21.5. The number of amides is 3. The van der Waals surface area contributed by atoms with Crippen molar-refractivity contribution in [3.63, 3.8) is 0 Å². The summed E-state index contributed by atoms with van der Waals surface area (Å²) < 4.78 is 21.7. The first-order chi connectivity index (χ1) is 17.6. The van der Waals surface area contributed by atoms with Crippen LogP contribution < -0.4 is 16.0 Å². The van der Waals surface area contributed by atoms with Crippen LogP contribution in [0, 0.1) is 0 Å². The fraction of sp³-hybridized carbons (Fsp3) is 0.826. The van der Waals surface area contributed by atoms with Crippen molar-refractivity contribution in [2.24, 2.45) is 0 Å². The quantitative estimate of drug-likeness (QED) is 0.0757. The van der Waals surface area contributed by atoms with Crippen molar-refractivity contribution in [3.8, 4) is 0 Å². The summed E-state index contributed by atoms with van der Waals surface area (Å²) in [6.07, 6.45) is -3.37. The van der Waals surface area contributed by atoms with Crippen LogP contribution in [0.5, 0.6) is 0 Å². The molecule has 0 spiro atoms. The van der Waals surface area contributed by atoms with Gasteiger partial charge in [0.2, 0.25) is 17.7 Å². The van der Waals surface area contributed by atoms with Gasteiger partial charge in [-0.1, -0.05) is 12.2 Å². The van der Waals surface area contributed by atoms with E-state index in [4.69, 9.17) is 31.2 Å². The Kier molecular flexibility index (Phi) is 17.4. The van der Waals surface area contributed by atoms with Crippen molar-refractivity contribution in [1.29, 1.82) is 0 Å². The van der Waals surface area contributed by atoms with Crippen LogP contribution in [-0.4, -0.2) is 128 Å². The fourth-order valence-corrected chi connectivity index (χ4v) is 3.60. The zero-order valence-corrected chi connectivity index (χ0v) is 22.3. The average molecular weight is 552 g/mol. The summed E-state index contributed by atoms with van der Waals surface area (Å²) >= 11 is 4.89. The van der Waals surface area contributed by atoms with E-state index in [9.17, 15) is 29.7 Å². The van der Waals surface area contributed by atoms with Gasteiger partial charge in [0, 0.05) is 38.0 Å². The normalized spacial score (nSPS) is 23.3. The van der Waals surface area contributed by atoms with Crippen LogP contribution in [0.1, 0.15) is 33.1 Å². The number of hydrogen-bond acceptors (Lipinski definition) is 11. The monoisotopic (exact) mass is 551 g/mol. The summed E-state index contributed by atoms with van der Waals surface area (Å²) in [5.74, 6) is -0.999. The molecule has 1 rings (SSSR count). The maximum atomic E-state index is 11.9. The predicted molar refractivity (Wildman–Crippen MR) is 136 cm³/mol. The summed E-state index contributed by atoms with van der Waals surface area (Å²) in [6, 6.07) is -0.846. The Morgan fingerprint density at radius 2 is 1.59 bits per heavy atom. The number of rotatable bonds is 19. The molecule has 0 aromatic rings. The molecule has 0 radical (unpaired) electrons. The van der Waals surface area contributed by atoms with Gasteiger partial charge in [-0.25, -0.2) is 0 Å². The summed E-state index contributed by atoms with van der Waals surface area (Å²) in [4.78, 5) is 35.9. The van der Waals surface area contributed by atoms with Crippen molar-refractivity contribution in [2.75, 3.05) is 59.3 Å². The van der Waals surface area contributed by atoms with Crippen molar-refractivity contribution in [3.05, 3.63) is 0 Å². The van der Waals surface area contributed by atoms with Gasteiger partial charge in [-0.15, -0.1) is 0 Å². The molecule has 0 unspecified atom stereocenters. The molecule has 3 amide bonds. The smallest absolute Gasteiger partial charge is 0.239 e. The first kappa shape index (κ1) is 33.2. The molecule has 1 saturated heterocycles. The number of carbonyl (C=O) groups is 3. The van der Waals surface area contributed by atoms with Gasteiger partial charge >= 0.3 is 0 Å². The lowest BCUT2D eigenvalue weighted by molar-refractivity contribution is -0.198. The van der Waals surface area contributed by atoms with Gasteiger partial charge in [0.15, 0.2) is 0 Å². The third-order valence-electron chi connectivity index (χ3n) is 5.33. The lowest BCUT2D eigenvalue weighted by atomic mass is 9.91. The molecule has 0 saturated carbocycles. The number of carbonyl (C=O) groups excluding carboxylic acids is 3. The zero-order chi connectivity index (χ0) is 27.6. The van der Waals surface area contributed by atoms with E-state index in [0.29, 0.717) is 45.8 Å². The summed E-state index contributed by atoms with van der Waals surface area (Å²) in [5.41, 5.74) is 0. The molecular formula is C23H41N3O10S. The third kappa shape index (κ3) is 14.7. The number of nitrogens with one attached hydrogen (secondary N) is 3. The highest BCUT2D eigenvalue weighted by atomic mass is 32.1. The SMILES string of the molecule is CC(=O)N[C@@H]1[C@@H](O)[C@@H](O)[C@@H](CO)O[C@@H]1CCOCCCC(=O)NCC(=O)NCCOCCOCC(C)=S. The molecule has 5 atom stereocenters. The van der Waals surface area contributed by atoms with Gasteiger partial charge in [0.05, 0.1) is 51.7 Å². The van der Waals surface area contributed by atoms with Crippen molar-refractivity contribution in [1.82, 2.24) is 16.0 Å². The number of aliphatic hydroxyl groups excluding tert-OH is 3. The highest BCUT2D eigenvalue weighted by Crippen LogP contribution is 2.23. The molecule has 13 nitrogen and oxygen atoms in total. The van der Waals surface area contributed by atoms with E-state index in [1.165, 1.54) is 6.92 Å². The predicted octanol–water partition coefficient (Wildman–Crippen LogP) is -2.19. The van der Waals surface area contributed by atoms with E-state index in [1.54, 1.807) is 6.92 Å². The van der Waals surface area contributed by atoms with E-state index in [2.05, 4.69) is 16.0 Å². The van der Waals surface area contributed by atoms with Crippen molar-refractivity contribution in [2.45, 2.75) is 63.6 Å². The molecule has 1 aliphatic heterocycles. The molecule has 0 aromatic carbocycles. The highest BCUT2D eigenvalue weighted by Gasteiger charge is 2.44. The summed E-state index contributed by atoms with van der Waals surface area (Å²) in [5, 5.41) is 37.4. The molecule has 14 heteroatoms. The minimum absolute atomic E-state index is 0.138. The second-order valence-corrected chi connectivity index (χ2v) is 9.30. The maximum Gasteiger partial charge on any atom is 0.239 e. The van der Waals surface area contributed by atoms with Gasteiger partial charge in [-0.2, -0.15) is 0 Å². The second kappa shape index (κ2) is 19.3. The van der Waals surface area contributed by atoms with E-state index < -0.39 is 37.1 Å². The number of ether oxygens (including phenoxy) is 4. The van der Waals surface area contributed by atoms with Crippen molar-refractivity contribution < 1.29 is 48.7 Å². The summed E-state index contributed by atoms with van der Waals surface area (Å²) in [6.45, 7) is 4.84. The van der Waals surface area contributed by atoms with Gasteiger partial charge in [0.25, 0.3) is 0 Å². The van der Waals surface area contributed by atoms with Gasteiger partial charge < -0.3 is 50.2 Å². The molecule has 1 aliphatic rings. The Morgan fingerprint density at radius 1 is 0.892 bits per heavy atom. The van der Waals surface area contributed by atoms with Crippen LogP contribution in [0.2, 0.25) is 0 Å². The lowest BCUT2D eigenvalue weighted by Crippen LogP contribution is -2.64. The minimum Gasteiger partial charge on any atom is -0.394 e. The Labute approximate surface area is 222 Å². The van der Waals surface area contributed by atoms with Gasteiger partial charge in [-0.05, 0) is 19.8 Å². The number of hydrogen-bond donors (Lipinski definition) is 6. The molecule has 1 fully saturated rings. The van der Waals surface area contributed by atoms with E-state index in [0.717, 1.165) is 4.86 Å². The Balaban J connectivity index is 2.12. The fourth-order valence-electron chi connectivity index (χ4n) is 3.52. The number of thiocarbonyl (C=S) groups is 1. The van der Waals surface area contributed by atoms with Crippen LogP contribution in [0.3, 0.4) is 0 Å². The molecule has 6 N–H and O–H groups in total. The Morgan fingerprint density at radius 3 is 2.27 bits per heavy atom. The Hall–Kier alpha value is -1.78. The molecule has 37 heavy (non-hydrogen) atoms. The molecule has 0 bridgehead atoms. The molecular weight excluding hydrogens is 510 g/mol. The van der Waals surface area contributed by atoms with Crippen LogP contribution in [0.15, 0.2) is 0 Å². The first-order valence-corrected chi connectivity index (χ1v) is 12.7. The van der Waals surface area contributed by atoms with E-state index >= 15 is 0 Å². The second-order valence-electron chi connectivity index (χ2n) is 8.60. The molecule has 0 aromatic heterocycles. The third-order valence-corrected chi connectivity index (χ3v) is 5.45. The standard InChI is InChI=1S/C23H41N3O10S/c1-15(37)14-35-11-10-34-9-6-24-20(30)12-25-19(29)4-3-7-33-8-5-17-21(26-16(2)28)23(32)22(31)18(13-27)36-17/h17-18,21-23,27,31-32H,3-14H2,1-2H3,(H,24,30)(H,25,29)(H,26,28)/t17-,18-,21+,22+,23-/m1/s1. The van der Waals surface area contributed by atoms with E-state index in [-0.39, 0.29) is 43.9 Å². The van der Waals surface area contributed by atoms with Gasteiger partial charge in [-0.3, -0.25) is 14.4 Å².